The third kappa shape index (κ3) is 4.05. The minimum Gasteiger partial charge on any atom is -0.355 e. The molecule has 0 aromatic rings. The second-order valence-corrected chi connectivity index (χ2v) is 6.68. The lowest BCUT2D eigenvalue weighted by Gasteiger charge is -2.27. The first-order valence-corrected chi connectivity index (χ1v) is 8.11. The van der Waals surface area contributed by atoms with Crippen LogP contribution in [0.25, 0.3) is 0 Å². The zero-order chi connectivity index (χ0) is 14.5. The van der Waals surface area contributed by atoms with Gasteiger partial charge in [-0.2, -0.15) is 0 Å². The molecule has 114 valence electrons. The molecule has 4 heteroatoms. The normalized spacial score (nSPS) is 27.4. The fourth-order valence-electron chi connectivity index (χ4n) is 3.49. The van der Waals surface area contributed by atoms with E-state index in [1.54, 1.807) is 0 Å². The van der Waals surface area contributed by atoms with E-state index in [0.717, 1.165) is 51.6 Å². The van der Waals surface area contributed by atoms with Crippen LogP contribution >= 0.6 is 0 Å². The predicted molar refractivity (Wildman–Crippen MR) is 79.4 cm³/mol. The first-order chi connectivity index (χ1) is 9.58. The third-order valence-corrected chi connectivity index (χ3v) is 4.62. The molecule has 2 fully saturated rings. The Hall–Kier alpha value is -0.900. The van der Waals surface area contributed by atoms with Crippen molar-refractivity contribution in [2.45, 2.75) is 58.4 Å². The van der Waals surface area contributed by atoms with Gasteiger partial charge >= 0.3 is 0 Å². The molecule has 2 aliphatic rings. The maximum atomic E-state index is 12.0. The maximum absolute atomic E-state index is 12.0. The summed E-state index contributed by atoms with van der Waals surface area (Å²) in [4.78, 5) is 26.1. The highest BCUT2D eigenvalue weighted by atomic mass is 16.2. The third-order valence-electron chi connectivity index (χ3n) is 4.62. The molecule has 1 N–H and O–H groups in total. The van der Waals surface area contributed by atoms with Crippen LogP contribution in [0.1, 0.15) is 52.4 Å². The molecule has 0 bridgehead atoms. The van der Waals surface area contributed by atoms with Crippen molar-refractivity contribution in [3.63, 3.8) is 0 Å². The maximum Gasteiger partial charge on any atom is 0.234 e. The summed E-state index contributed by atoms with van der Waals surface area (Å²) in [5.41, 5.74) is 0. The zero-order valence-corrected chi connectivity index (χ0v) is 12.9. The summed E-state index contributed by atoms with van der Waals surface area (Å²) < 4.78 is 0. The van der Waals surface area contributed by atoms with Crippen LogP contribution in [0, 0.1) is 11.8 Å². The summed E-state index contributed by atoms with van der Waals surface area (Å²) in [6.07, 6.45) is 6.03. The lowest BCUT2D eigenvalue weighted by Crippen LogP contribution is -2.43. The number of amides is 1. The van der Waals surface area contributed by atoms with E-state index in [0.29, 0.717) is 24.3 Å². The van der Waals surface area contributed by atoms with Gasteiger partial charge in [-0.05, 0) is 44.6 Å². The van der Waals surface area contributed by atoms with Gasteiger partial charge in [-0.1, -0.05) is 13.8 Å². The average Bonchev–Trinajstić information content (AvgIpc) is 2.97. The minimum atomic E-state index is 0.114. The number of hydrogen-bond donors (Lipinski definition) is 1. The van der Waals surface area contributed by atoms with Gasteiger partial charge in [-0.15, -0.1) is 0 Å². The Morgan fingerprint density at radius 3 is 2.80 bits per heavy atom. The number of carbonyl (C=O) groups is 2. The van der Waals surface area contributed by atoms with Gasteiger partial charge in [-0.25, -0.2) is 0 Å². The Balaban J connectivity index is 1.79. The van der Waals surface area contributed by atoms with E-state index in [9.17, 15) is 9.59 Å². The van der Waals surface area contributed by atoms with Crippen LogP contribution in [-0.2, 0) is 9.59 Å². The van der Waals surface area contributed by atoms with Crippen LogP contribution in [0.2, 0.25) is 0 Å². The molecular weight excluding hydrogens is 252 g/mol. The van der Waals surface area contributed by atoms with Crippen molar-refractivity contribution in [1.82, 2.24) is 10.2 Å². The van der Waals surface area contributed by atoms with E-state index in [1.807, 2.05) is 0 Å². The molecule has 1 aliphatic carbocycles. The number of likely N-dealkylation sites (tertiary alicyclic amines) is 1. The first kappa shape index (κ1) is 15.5. The number of Topliss-reactive ketones (excluding diaryl/α,β-unsaturated/α-hetero) is 1. The zero-order valence-electron chi connectivity index (χ0n) is 12.9. The highest BCUT2D eigenvalue weighted by Crippen LogP contribution is 2.32. The van der Waals surface area contributed by atoms with Gasteiger partial charge < -0.3 is 5.32 Å². The van der Waals surface area contributed by atoms with E-state index >= 15 is 0 Å². The van der Waals surface area contributed by atoms with Gasteiger partial charge in [0.2, 0.25) is 5.91 Å². The Bertz CT molecular complexity index is 354. The molecule has 1 saturated heterocycles. The molecule has 1 amide bonds. The van der Waals surface area contributed by atoms with Gasteiger partial charge in [-0.3, -0.25) is 14.5 Å². The molecule has 0 spiro atoms. The van der Waals surface area contributed by atoms with Gasteiger partial charge in [0.25, 0.3) is 0 Å². The van der Waals surface area contributed by atoms with Crippen LogP contribution in [0.15, 0.2) is 0 Å². The van der Waals surface area contributed by atoms with Gasteiger partial charge in [0.05, 0.1) is 6.54 Å². The molecule has 0 aromatic carbocycles. The monoisotopic (exact) mass is 280 g/mol. The summed E-state index contributed by atoms with van der Waals surface area (Å²) >= 11 is 0. The van der Waals surface area contributed by atoms with Crippen molar-refractivity contribution in [1.29, 1.82) is 0 Å². The molecule has 1 saturated carbocycles. The summed E-state index contributed by atoms with van der Waals surface area (Å²) in [6.45, 7) is 6.51. The largest absolute Gasteiger partial charge is 0.355 e. The lowest BCUT2D eigenvalue weighted by molar-refractivity contribution is -0.125. The highest BCUT2D eigenvalue weighted by molar-refractivity contribution is 5.84. The van der Waals surface area contributed by atoms with Crippen molar-refractivity contribution >= 4 is 11.7 Å². The Kier molecular flexibility index (Phi) is 5.58. The van der Waals surface area contributed by atoms with E-state index < -0.39 is 0 Å². The number of ketones is 1. The van der Waals surface area contributed by atoms with Crippen molar-refractivity contribution < 1.29 is 9.59 Å². The molecular formula is C16H28N2O2. The molecule has 4 nitrogen and oxygen atoms in total. The molecule has 2 unspecified atom stereocenters. The average molecular weight is 280 g/mol. The summed E-state index contributed by atoms with van der Waals surface area (Å²) in [6, 6.07) is 0.320. The second kappa shape index (κ2) is 7.21. The fourth-order valence-corrected chi connectivity index (χ4v) is 3.49. The summed E-state index contributed by atoms with van der Waals surface area (Å²) in [7, 11) is 0. The van der Waals surface area contributed by atoms with E-state index in [1.165, 1.54) is 0 Å². The number of rotatable bonds is 6. The SMILES string of the molecule is CC(C)CCNC(=O)CN1CCCC1C1CCCC1=O. The highest BCUT2D eigenvalue weighted by Gasteiger charge is 2.38. The molecule has 2 atom stereocenters. The smallest absolute Gasteiger partial charge is 0.234 e. The predicted octanol–water partition coefficient (Wildman–Crippen LogP) is 1.98. The molecule has 1 heterocycles. The number of carbonyl (C=O) groups excluding carboxylic acids is 2. The van der Waals surface area contributed by atoms with E-state index in [-0.39, 0.29) is 11.8 Å². The summed E-state index contributed by atoms with van der Waals surface area (Å²) in [5.74, 6) is 1.34. The van der Waals surface area contributed by atoms with Crippen molar-refractivity contribution in [3.05, 3.63) is 0 Å². The fraction of sp³-hybridized carbons (Fsp3) is 0.875. The van der Waals surface area contributed by atoms with E-state index in [4.69, 9.17) is 0 Å². The first-order valence-electron chi connectivity index (χ1n) is 8.11. The van der Waals surface area contributed by atoms with Crippen molar-refractivity contribution in [2.75, 3.05) is 19.6 Å². The Morgan fingerprint density at radius 2 is 2.15 bits per heavy atom. The van der Waals surface area contributed by atoms with Crippen LogP contribution in [0.4, 0.5) is 0 Å². The number of hydrogen-bond acceptors (Lipinski definition) is 3. The van der Waals surface area contributed by atoms with Crippen molar-refractivity contribution in [2.24, 2.45) is 11.8 Å². The van der Waals surface area contributed by atoms with Gasteiger partial charge in [0.15, 0.2) is 0 Å². The van der Waals surface area contributed by atoms with Crippen LogP contribution in [0.3, 0.4) is 0 Å². The minimum absolute atomic E-state index is 0.114. The molecule has 1 aliphatic heterocycles. The van der Waals surface area contributed by atoms with E-state index in [2.05, 4.69) is 24.1 Å². The molecule has 2 rings (SSSR count). The quantitative estimate of drug-likeness (QED) is 0.809. The molecule has 0 aromatic heterocycles. The summed E-state index contributed by atoms with van der Waals surface area (Å²) in [5, 5.41) is 3.00. The van der Waals surface area contributed by atoms with Crippen molar-refractivity contribution in [3.8, 4) is 0 Å². The standard InChI is InChI=1S/C16H28N2O2/c1-12(2)8-9-17-16(20)11-18-10-4-6-14(18)13-5-3-7-15(13)19/h12-14H,3-11H2,1-2H3,(H,17,20). The van der Waals surface area contributed by atoms with Crippen LogP contribution < -0.4 is 5.32 Å². The number of nitrogens with zero attached hydrogens (tertiary/aromatic N) is 1. The number of nitrogens with one attached hydrogen (secondary N) is 1. The topological polar surface area (TPSA) is 49.4 Å². The van der Waals surface area contributed by atoms with Crippen LogP contribution in [0.5, 0.6) is 0 Å². The van der Waals surface area contributed by atoms with Gasteiger partial charge in [0.1, 0.15) is 5.78 Å². The Morgan fingerprint density at radius 1 is 1.35 bits per heavy atom. The second-order valence-electron chi connectivity index (χ2n) is 6.68. The lowest BCUT2D eigenvalue weighted by atomic mass is 9.95. The molecule has 20 heavy (non-hydrogen) atoms. The molecule has 0 radical (unpaired) electrons. The Labute approximate surface area is 122 Å². The van der Waals surface area contributed by atoms with Crippen LogP contribution in [-0.4, -0.2) is 42.3 Å². The van der Waals surface area contributed by atoms with Gasteiger partial charge in [0, 0.05) is 24.9 Å².